The molecule has 1 N–H and O–H groups in total. The Hall–Kier alpha value is -0.670. The molecule has 0 fully saturated rings. The lowest BCUT2D eigenvalue weighted by Crippen LogP contribution is -2.33. The maximum Gasteiger partial charge on any atom is 0.302 e. The minimum absolute atomic E-state index is 0.122. The van der Waals surface area contributed by atoms with Crippen LogP contribution in [-0.2, 0) is 20.3 Å². The molecular weight excluding hydrogens is 352 g/mol. The van der Waals surface area contributed by atoms with Crippen molar-refractivity contribution in [1.29, 1.82) is 0 Å². The second-order valence-electron chi connectivity index (χ2n) is 5.80. The third-order valence-corrected chi connectivity index (χ3v) is 4.93. The maximum atomic E-state index is 10.9. The average Bonchev–Trinajstić information content (AvgIpc) is 3.02. The summed E-state index contributed by atoms with van der Waals surface area (Å²) in [5, 5.41) is 3.83. The summed E-state index contributed by atoms with van der Waals surface area (Å²) < 4.78 is 41.9. The Morgan fingerprint density at radius 2 is 2.17 bits per heavy atom. The molecule has 1 aliphatic heterocycles. The van der Waals surface area contributed by atoms with E-state index >= 15 is 0 Å². The van der Waals surface area contributed by atoms with E-state index in [1.807, 2.05) is 10.8 Å². The highest BCUT2D eigenvalue weighted by molar-refractivity contribution is 7.74. The van der Waals surface area contributed by atoms with Crippen molar-refractivity contribution in [3.8, 4) is 11.5 Å². The van der Waals surface area contributed by atoms with Crippen molar-refractivity contribution >= 4 is 22.7 Å². The Morgan fingerprint density at radius 1 is 1.33 bits per heavy atom. The molecule has 1 aromatic rings. The molecule has 6 nitrogen and oxygen atoms in total. The molecule has 0 spiro atoms. The normalized spacial score (nSPS) is 19.2. The van der Waals surface area contributed by atoms with E-state index < -0.39 is 11.4 Å². The summed E-state index contributed by atoms with van der Waals surface area (Å²) in [6.45, 7) is 3.52. The van der Waals surface area contributed by atoms with Gasteiger partial charge in [-0.25, -0.2) is 0 Å². The SMILES string of the molecule is CCCCCCC(CCOCC1COc2cscc2O1)OS(=O)O. The van der Waals surface area contributed by atoms with Crippen molar-refractivity contribution in [2.24, 2.45) is 0 Å². The first-order valence-electron chi connectivity index (χ1n) is 8.40. The van der Waals surface area contributed by atoms with Crippen LogP contribution in [0.25, 0.3) is 0 Å². The molecule has 0 saturated heterocycles. The molecule has 3 atom stereocenters. The molecule has 0 amide bonds. The van der Waals surface area contributed by atoms with Gasteiger partial charge in [-0.1, -0.05) is 32.6 Å². The molecule has 1 aliphatic rings. The molecular formula is C16H26O6S2. The number of rotatable bonds is 12. The lowest BCUT2D eigenvalue weighted by atomic mass is 10.1. The lowest BCUT2D eigenvalue weighted by Gasteiger charge is -2.24. The first-order valence-corrected chi connectivity index (χ1v) is 10.4. The van der Waals surface area contributed by atoms with E-state index in [0.717, 1.165) is 37.2 Å². The standard InChI is InChI=1S/C16H26O6S2/c1-2-3-4-5-6-13(22-24(17)18)7-8-19-9-14-10-20-15-11-23-12-16(15)21-14/h11-14H,2-10H2,1H3,(H,17,18). The van der Waals surface area contributed by atoms with Gasteiger partial charge < -0.3 is 14.2 Å². The fourth-order valence-corrected chi connectivity index (χ4v) is 3.62. The van der Waals surface area contributed by atoms with Gasteiger partial charge in [-0.05, 0) is 12.8 Å². The minimum Gasteiger partial charge on any atom is -0.485 e. The number of hydrogen-bond donors (Lipinski definition) is 1. The first-order chi connectivity index (χ1) is 11.7. The van der Waals surface area contributed by atoms with Gasteiger partial charge >= 0.3 is 11.4 Å². The Labute approximate surface area is 149 Å². The highest BCUT2D eigenvalue weighted by Gasteiger charge is 2.22. The van der Waals surface area contributed by atoms with Gasteiger partial charge in [0.1, 0.15) is 6.61 Å². The molecule has 1 aromatic heterocycles. The lowest BCUT2D eigenvalue weighted by molar-refractivity contribution is 0.00149. The van der Waals surface area contributed by atoms with Crippen LogP contribution in [-0.4, -0.2) is 40.8 Å². The Kier molecular flexibility index (Phi) is 9.04. The third kappa shape index (κ3) is 7.06. The van der Waals surface area contributed by atoms with Crippen LogP contribution in [0.15, 0.2) is 10.8 Å². The molecule has 0 aromatic carbocycles. The van der Waals surface area contributed by atoms with Crippen molar-refractivity contribution in [2.45, 2.75) is 57.7 Å². The molecule has 0 radical (unpaired) electrons. The van der Waals surface area contributed by atoms with Crippen LogP contribution in [0.3, 0.4) is 0 Å². The highest BCUT2D eigenvalue weighted by Crippen LogP contribution is 2.35. The predicted molar refractivity (Wildman–Crippen MR) is 94.1 cm³/mol. The van der Waals surface area contributed by atoms with Crippen LogP contribution >= 0.6 is 11.3 Å². The fourth-order valence-electron chi connectivity index (χ4n) is 2.53. The molecule has 2 heterocycles. The summed E-state index contributed by atoms with van der Waals surface area (Å²) in [5.41, 5.74) is 0. The van der Waals surface area contributed by atoms with Gasteiger partial charge in [0.25, 0.3) is 0 Å². The number of unbranched alkanes of at least 4 members (excludes halogenated alkanes) is 3. The van der Waals surface area contributed by atoms with Gasteiger partial charge in [-0.2, -0.15) is 4.21 Å². The van der Waals surface area contributed by atoms with Gasteiger partial charge in [0.2, 0.25) is 0 Å². The molecule has 24 heavy (non-hydrogen) atoms. The number of fused-ring (bicyclic) bond motifs is 1. The average molecular weight is 379 g/mol. The van der Waals surface area contributed by atoms with Crippen LogP contribution < -0.4 is 9.47 Å². The zero-order valence-electron chi connectivity index (χ0n) is 14.0. The topological polar surface area (TPSA) is 74.2 Å². The Morgan fingerprint density at radius 3 is 2.96 bits per heavy atom. The number of hydrogen-bond acceptors (Lipinski definition) is 6. The molecule has 3 unspecified atom stereocenters. The van der Waals surface area contributed by atoms with Gasteiger partial charge in [-0.15, -0.1) is 11.3 Å². The zero-order chi connectivity index (χ0) is 17.2. The molecule has 2 rings (SSSR count). The van der Waals surface area contributed by atoms with E-state index in [1.165, 1.54) is 6.42 Å². The van der Waals surface area contributed by atoms with Crippen molar-refractivity contribution in [3.63, 3.8) is 0 Å². The van der Waals surface area contributed by atoms with Gasteiger partial charge in [0.05, 0.1) is 12.7 Å². The summed E-state index contributed by atoms with van der Waals surface area (Å²) in [6, 6.07) is 0. The minimum atomic E-state index is -2.23. The maximum absolute atomic E-state index is 10.9. The summed E-state index contributed by atoms with van der Waals surface area (Å²) >= 11 is -0.686. The monoisotopic (exact) mass is 378 g/mol. The van der Waals surface area contributed by atoms with E-state index in [0.29, 0.717) is 26.2 Å². The number of ether oxygens (including phenoxy) is 3. The second kappa shape index (κ2) is 11.0. The summed E-state index contributed by atoms with van der Waals surface area (Å²) in [4.78, 5) is 0. The van der Waals surface area contributed by atoms with E-state index in [4.69, 9.17) is 22.9 Å². The molecule has 8 heteroatoms. The third-order valence-electron chi connectivity index (χ3n) is 3.80. The summed E-state index contributed by atoms with van der Waals surface area (Å²) in [5.74, 6) is 1.56. The van der Waals surface area contributed by atoms with E-state index in [1.54, 1.807) is 11.3 Å². The van der Waals surface area contributed by atoms with Crippen LogP contribution in [0.5, 0.6) is 11.5 Å². The largest absolute Gasteiger partial charge is 0.485 e. The first kappa shape index (κ1) is 19.7. The second-order valence-corrected chi connectivity index (χ2v) is 7.17. The van der Waals surface area contributed by atoms with Crippen LogP contribution in [0, 0.1) is 0 Å². The number of thiophene rings is 1. The van der Waals surface area contributed by atoms with Crippen molar-refractivity contribution < 1.29 is 27.2 Å². The van der Waals surface area contributed by atoms with Crippen LogP contribution in [0.2, 0.25) is 0 Å². The van der Waals surface area contributed by atoms with Crippen LogP contribution in [0.1, 0.15) is 45.4 Å². The highest BCUT2D eigenvalue weighted by atomic mass is 32.2. The van der Waals surface area contributed by atoms with Crippen molar-refractivity contribution in [2.75, 3.05) is 19.8 Å². The molecule has 0 aliphatic carbocycles. The Bertz CT molecular complexity index is 493. The van der Waals surface area contributed by atoms with Crippen molar-refractivity contribution in [1.82, 2.24) is 0 Å². The summed E-state index contributed by atoms with van der Waals surface area (Å²) in [6.07, 6.45) is 5.45. The fraction of sp³-hybridized carbons (Fsp3) is 0.750. The van der Waals surface area contributed by atoms with E-state index in [-0.39, 0.29) is 12.2 Å². The smallest absolute Gasteiger partial charge is 0.302 e. The van der Waals surface area contributed by atoms with Crippen LogP contribution in [0.4, 0.5) is 0 Å². The van der Waals surface area contributed by atoms with Crippen molar-refractivity contribution in [3.05, 3.63) is 10.8 Å². The molecule has 138 valence electrons. The molecule has 0 saturated carbocycles. The predicted octanol–water partition coefficient (Wildman–Crippen LogP) is 3.79. The molecule has 0 bridgehead atoms. The van der Waals surface area contributed by atoms with Gasteiger partial charge in [-0.3, -0.25) is 8.74 Å². The van der Waals surface area contributed by atoms with Gasteiger partial charge in [0, 0.05) is 17.4 Å². The van der Waals surface area contributed by atoms with Gasteiger partial charge in [0.15, 0.2) is 17.6 Å². The zero-order valence-corrected chi connectivity index (χ0v) is 15.6. The quantitative estimate of drug-likeness (QED) is 0.441. The van der Waals surface area contributed by atoms with E-state index in [2.05, 4.69) is 6.92 Å². The Balaban J connectivity index is 1.62. The summed E-state index contributed by atoms with van der Waals surface area (Å²) in [7, 11) is 0. The van der Waals surface area contributed by atoms with E-state index in [9.17, 15) is 4.21 Å².